The van der Waals surface area contributed by atoms with Gasteiger partial charge in [0, 0.05) is 11.0 Å². The maximum atomic E-state index is 6.02. The van der Waals surface area contributed by atoms with Crippen LogP contribution in [0.15, 0.2) is 24.3 Å². The smallest absolute Gasteiger partial charge is 0.119 e. The molecule has 1 heterocycles. The Balaban J connectivity index is 1.94. The van der Waals surface area contributed by atoms with Gasteiger partial charge >= 0.3 is 0 Å². The van der Waals surface area contributed by atoms with Crippen molar-refractivity contribution in [1.29, 1.82) is 0 Å². The number of rotatable bonds is 4. The molecule has 0 spiro atoms. The Morgan fingerprint density at radius 2 is 1.88 bits per heavy atom. The third-order valence-electron chi connectivity index (χ3n) is 3.09. The van der Waals surface area contributed by atoms with Crippen molar-refractivity contribution in [3.05, 3.63) is 29.8 Å². The van der Waals surface area contributed by atoms with Crippen molar-refractivity contribution in [1.82, 2.24) is 0 Å². The van der Waals surface area contributed by atoms with Crippen LogP contribution in [-0.4, -0.2) is 19.8 Å². The summed E-state index contributed by atoms with van der Waals surface area (Å²) in [4.78, 5) is 0. The molecule has 1 aliphatic rings. The van der Waals surface area contributed by atoms with Crippen LogP contribution in [0.5, 0.6) is 5.75 Å². The molecule has 0 amide bonds. The van der Waals surface area contributed by atoms with Crippen LogP contribution in [0.1, 0.15) is 26.3 Å². The average Bonchev–Trinajstić information content (AvgIpc) is 2.23. The van der Waals surface area contributed by atoms with Gasteiger partial charge in [-0.25, -0.2) is 0 Å². The first-order valence-electron chi connectivity index (χ1n) is 5.99. The molecule has 0 aromatic heterocycles. The molecule has 0 radical (unpaired) electrons. The summed E-state index contributed by atoms with van der Waals surface area (Å²) in [6.45, 7) is 8.46. The standard InChI is InChI=1S/C14H21NO2/c1-13(2,15)11-4-6-12(7-5-11)17-10-14(3)8-16-9-14/h4-7H,8-10,15H2,1-3H3. The molecule has 1 aliphatic heterocycles. The van der Waals surface area contributed by atoms with Gasteiger partial charge in [-0.2, -0.15) is 0 Å². The van der Waals surface area contributed by atoms with E-state index in [9.17, 15) is 0 Å². The Bertz CT molecular complexity index is 374. The summed E-state index contributed by atoms with van der Waals surface area (Å²) in [5, 5.41) is 0. The fourth-order valence-corrected chi connectivity index (χ4v) is 1.77. The van der Waals surface area contributed by atoms with Crippen LogP contribution < -0.4 is 10.5 Å². The van der Waals surface area contributed by atoms with E-state index in [0.29, 0.717) is 6.61 Å². The van der Waals surface area contributed by atoms with Gasteiger partial charge in [0.2, 0.25) is 0 Å². The van der Waals surface area contributed by atoms with Crippen LogP contribution in [0.2, 0.25) is 0 Å². The molecule has 3 nitrogen and oxygen atoms in total. The quantitative estimate of drug-likeness (QED) is 0.871. The van der Waals surface area contributed by atoms with Crippen LogP contribution in [0.4, 0.5) is 0 Å². The molecule has 0 atom stereocenters. The van der Waals surface area contributed by atoms with Crippen molar-refractivity contribution in [2.75, 3.05) is 19.8 Å². The lowest BCUT2D eigenvalue weighted by Gasteiger charge is -2.37. The summed E-state index contributed by atoms with van der Waals surface area (Å²) in [5.41, 5.74) is 7.02. The first-order valence-corrected chi connectivity index (χ1v) is 5.99. The summed E-state index contributed by atoms with van der Waals surface area (Å²) >= 11 is 0. The number of hydrogen-bond acceptors (Lipinski definition) is 3. The predicted octanol–water partition coefficient (Wildman–Crippen LogP) is 2.30. The lowest BCUT2D eigenvalue weighted by atomic mass is 9.90. The minimum Gasteiger partial charge on any atom is -0.493 e. The molecular weight excluding hydrogens is 214 g/mol. The summed E-state index contributed by atoms with van der Waals surface area (Å²) in [5.74, 6) is 0.895. The zero-order valence-corrected chi connectivity index (χ0v) is 10.8. The second kappa shape index (κ2) is 4.31. The number of nitrogens with two attached hydrogens (primary N) is 1. The number of hydrogen-bond donors (Lipinski definition) is 1. The highest BCUT2D eigenvalue weighted by atomic mass is 16.5. The molecule has 3 heteroatoms. The SMILES string of the molecule is CC1(COc2ccc(C(C)(C)N)cc2)COC1. The van der Waals surface area contributed by atoms with Gasteiger partial charge < -0.3 is 15.2 Å². The monoisotopic (exact) mass is 235 g/mol. The Labute approximate surface area is 103 Å². The van der Waals surface area contributed by atoms with Gasteiger partial charge in [0.1, 0.15) is 5.75 Å². The van der Waals surface area contributed by atoms with Gasteiger partial charge in [-0.05, 0) is 31.5 Å². The minimum atomic E-state index is -0.299. The van der Waals surface area contributed by atoms with Crippen molar-refractivity contribution in [2.24, 2.45) is 11.1 Å². The predicted molar refractivity (Wildman–Crippen MR) is 68.1 cm³/mol. The largest absolute Gasteiger partial charge is 0.493 e. The first-order chi connectivity index (χ1) is 7.89. The third kappa shape index (κ3) is 2.99. The molecular formula is C14H21NO2. The Morgan fingerprint density at radius 1 is 1.29 bits per heavy atom. The second-order valence-corrected chi connectivity index (χ2v) is 5.84. The van der Waals surface area contributed by atoms with Gasteiger partial charge in [-0.3, -0.25) is 0 Å². The van der Waals surface area contributed by atoms with E-state index in [1.165, 1.54) is 0 Å². The van der Waals surface area contributed by atoms with Gasteiger partial charge in [0.15, 0.2) is 0 Å². The maximum absolute atomic E-state index is 6.02. The maximum Gasteiger partial charge on any atom is 0.119 e. The van der Waals surface area contributed by atoms with Crippen LogP contribution >= 0.6 is 0 Å². The molecule has 1 aromatic rings. The Hall–Kier alpha value is -1.06. The van der Waals surface area contributed by atoms with Crippen LogP contribution in [0, 0.1) is 5.41 Å². The summed E-state index contributed by atoms with van der Waals surface area (Å²) < 4.78 is 11.0. The van der Waals surface area contributed by atoms with E-state index >= 15 is 0 Å². The zero-order chi connectivity index (χ0) is 12.5. The van der Waals surface area contributed by atoms with E-state index in [-0.39, 0.29) is 11.0 Å². The normalized spacial score (nSPS) is 18.6. The number of benzene rings is 1. The molecule has 17 heavy (non-hydrogen) atoms. The summed E-state index contributed by atoms with van der Waals surface area (Å²) in [6.07, 6.45) is 0. The summed E-state index contributed by atoms with van der Waals surface area (Å²) in [7, 11) is 0. The lowest BCUT2D eigenvalue weighted by molar-refractivity contribution is -0.120. The van der Waals surface area contributed by atoms with Crippen LogP contribution in [-0.2, 0) is 10.3 Å². The van der Waals surface area contributed by atoms with Gasteiger partial charge in [0.05, 0.1) is 19.8 Å². The van der Waals surface area contributed by atoms with Crippen molar-refractivity contribution in [3.63, 3.8) is 0 Å². The molecule has 94 valence electrons. The van der Waals surface area contributed by atoms with Gasteiger partial charge in [0.25, 0.3) is 0 Å². The van der Waals surface area contributed by atoms with Crippen molar-refractivity contribution >= 4 is 0 Å². The van der Waals surface area contributed by atoms with Crippen molar-refractivity contribution in [3.8, 4) is 5.75 Å². The highest BCUT2D eigenvalue weighted by Gasteiger charge is 2.34. The van der Waals surface area contributed by atoms with Gasteiger partial charge in [-0.15, -0.1) is 0 Å². The van der Waals surface area contributed by atoms with Crippen molar-refractivity contribution < 1.29 is 9.47 Å². The molecule has 2 rings (SSSR count). The van der Waals surface area contributed by atoms with E-state index in [1.807, 2.05) is 38.1 Å². The topological polar surface area (TPSA) is 44.5 Å². The third-order valence-corrected chi connectivity index (χ3v) is 3.09. The molecule has 1 saturated heterocycles. The molecule has 0 bridgehead atoms. The molecule has 0 saturated carbocycles. The van der Waals surface area contributed by atoms with E-state index in [2.05, 4.69) is 6.92 Å². The van der Waals surface area contributed by atoms with Crippen LogP contribution in [0.3, 0.4) is 0 Å². The molecule has 2 N–H and O–H groups in total. The first kappa shape index (κ1) is 12.4. The highest BCUT2D eigenvalue weighted by molar-refractivity contribution is 5.30. The van der Waals surface area contributed by atoms with Gasteiger partial charge in [-0.1, -0.05) is 19.1 Å². The van der Waals surface area contributed by atoms with E-state index in [1.54, 1.807) is 0 Å². The number of ether oxygens (including phenoxy) is 2. The molecule has 1 aromatic carbocycles. The van der Waals surface area contributed by atoms with Crippen LogP contribution in [0.25, 0.3) is 0 Å². The van der Waals surface area contributed by atoms with Crippen molar-refractivity contribution in [2.45, 2.75) is 26.3 Å². The molecule has 0 unspecified atom stereocenters. The average molecular weight is 235 g/mol. The zero-order valence-electron chi connectivity index (χ0n) is 10.8. The fourth-order valence-electron chi connectivity index (χ4n) is 1.77. The molecule has 1 fully saturated rings. The Kier molecular flexibility index (Phi) is 3.15. The fraction of sp³-hybridized carbons (Fsp3) is 0.571. The molecule has 0 aliphatic carbocycles. The van der Waals surface area contributed by atoms with E-state index < -0.39 is 0 Å². The van der Waals surface area contributed by atoms with E-state index in [0.717, 1.165) is 24.5 Å². The Morgan fingerprint density at radius 3 is 2.29 bits per heavy atom. The summed E-state index contributed by atoms with van der Waals surface area (Å²) in [6, 6.07) is 8.00. The minimum absolute atomic E-state index is 0.186. The second-order valence-electron chi connectivity index (χ2n) is 5.84. The van der Waals surface area contributed by atoms with E-state index in [4.69, 9.17) is 15.2 Å². The lowest BCUT2D eigenvalue weighted by Crippen LogP contribution is -2.44. The highest BCUT2D eigenvalue weighted by Crippen LogP contribution is 2.28.